The Labute approximate surface area is 85.3 Å². The highest BCUT2D eigenvalue weighted by Crippen LogP contribution is 2.20. The number of allylic oxidation sites excluding steroid dienone is 1. The van der Waals surface area contributed by atoms with Crippen LogP contribution in [0.2, 0.25) is 6.32 Å². The first-order valence-corrected chi connectivity index (χ1v) is 4.96. The third-order valence-electron chi connectivity index (χ3n) is 2.45. The van der Waals surface area contributed by atoms with Crippen molar-refractivity contribution in [1.29, 1.82) is 0 Å². The topological polar surface area (TPSA) is 12.5 Å². The zero-order valence-corrected chi connectivity index (χ0v) is 8.23. The van der Waals surface area contributed by atoms with Gasteiger partial charge in [-0.2, -0.15) is 0 Å². The molecule has 72 valence electrons. The molecule has 0 spiro atoms. The maximum atomic E-state index is 5.62. The lowest BCUT2D eigenvalue weighted by molar-refractivity contribution is 0.371. The smallest absolute Gasteiger partial charge is 0.414 e. The molecule has 0 unspecified atom stereocenters. The summed E-state index contributed by atoms with van der Waals surface area (Å²) < 4.78 is 5.62. The van der Waals surface area contributed by atoms with E-state index in [1.807, 2.05) is 12.1 Å². The monoisotopic (exact) mass is 187 g/mol. The third-order valence-corrected chi connectivity index (χ3v) is 2.45. The van der Waals surface area contributed by atoms with Crippen LogP contribution in [0.25, 0.3) is 0 Å². The maximum absolute atomic E-state index is 5.62. The largest absolute Gasteiger partial charge is 0.419 e. The minimum atomic E-state index is 0.176. The van der Waals surface area contributed by atoms with Gasteiger partial charge >= 0.3 is 7.05 Å². The molecule has 0 radical (unpaired) electrons. The molecule has 1 fully saturated rings. The van der Waals surface area contributed by atoms with Crippen molar-refractivity contribution in [2.24, 2.45) is 0 Å². The average molecular weight is 187 g/mol. The number of hydrogen-bond donors (Lipinski definition) is 0. The van der Waals surface area contributed by atoms with Gasteiger partial charge in [0, 0.05) is 18.8 Å². The second-order valence-corrected chi connectivity index (χ2v) is 3.38. The average Bonchev–Trinajstić information content (AvgIpc) is 2.68. The molecule has 2 rings (SSSR count). The molecule has 2 nitrogen and oxygen atoms in total. The lowest BCUT2D eigenvalue weighted by atomic mass is 9.76. The summed E-state index contributed by atoms with van der Waals surface area (Å²) in [6, 6.07) is 10.4. The second kappa shape index (κ2) is 4.33. The van der Waals surface area contributed by atoms with Crippen LogP contribution in [0.15, 0.2) is 43.0 Å². The number of nitrogens with zero attached hydrogens (tertiary/aromatic N) is 1. The van der Waals surface area contributed by atoms with Gasteiger partial charge in [-0.25, -0.2) is 0 Å². The Morgan fingerprint density at radius 1 is 1.43 bits per heavy atom. The fourth-order valence-corrected chi connectivity index (χ4v) is 1.77. The van der Waals surface area contributed by atoms with Gasteiger partial charge in [-0.3, -0.25) is 0 Å². The first kappa shape index (κ1) is 9.34. The Kier molecular flexibility index (Phi) is 2.89. The molecule has 14 heavy (non-hydrogen) atoms. The van der Waals surface area contributed by atoms with E-state index >= 15 is 0 Å². The Balaban J connectivity index is 2.13. The van der Waals surface area contributed by atoms with Crippen molar-refractivity contribution in [2.75, 3.05) is 18.0 Å². The minimum absolute atomic E-state index is 0.176. The first-order chi connectivity index (χ1) is 6.92. The van der Waals surface area contributed by atoms with Crippen molar-refractivity contribution < 1.29 is 4.65 Å². The summed E-state index contributed by atoms with van der Waals surface area (Å²) in [5, 5.41) is 0. The van der Waals surface area contributed by atoms with Crippen molar-refractivity contribution >= 4 is 12.7 Å². The van der Waals surface area contributed by atoms with E-state index in [1.165, 1.54) is 5.69 Å². The number of benzene rings is 1. The molecule has 0 bridgehead atoms. The summed E-state index contributed by atoms with van der Waals surface area (Å²) in [6.07, 6.45) is 2.79. The Morgan fingerprint density at radius 3 is 2.93 bits per heavy atom. The number of anilines is 1. The Bertz CT molecular complexity index is 301. The van der Waals surface area contributed by atoms with Crippen LogP contribution in [0, 0.1) is 0 Å². The minimum Gasteiger partial charge on any atom is -0.414 e. The molecule has 1 aliphatic rings. The summed E-state index contributed by atoms with van der Waals surface area (Å²) in [5.74, 6) is 0. The predicted molar refractivity (Wildman–Crippen MR) is 60.5 cm³/mol. The quantitative estimate of drug-likeness (QED) is 0.531. The molecular formula is C11H14BNO. The van der Waals surface area contributed by atoms with Crippen molar-refractivity contribution in [2.45, 2.75) is 6.32 Å². The SMILES string of the molecule is C=CCB1OCCN1c1ccccc1. The van der Waals surface area contributed by atoms with E-state index in [2.05, 4.69) is 35.7 Å². The molecule has 0 aliphatic carbocycles. The Hall–Kier alpha value is -1.22. The van der Waals surface area contributed by atoms with E-state index in [0.717, 1.165) is 19.5 Å². The van der Waals surface area contributed by atoms with Crippen LogP contribution in [0.3, 0.4) is 0 Å². The van der Waals surface area contributed by atoms with Crippen LogP contribution in [0.1, 0.15) is 0 Å². The molecule has 1 saturated heterocycles. The fourth-order valence-electron chi connectivity index (χ4n) is 1.77. The van der Waals surface area contributed by atoms with Crippen LogP contribution < -0.4 is 4.81 Å². The van der Waals surface area contributed by atoms with Crippen molar-refractivity contribution in [3.8, 4) is 0 Å². The maximum Gasteiger partial charge on any atom is 0.419 e. The summed E-state index contributed by atoms with van der Waals surface area (Å²) >= 11 is 0. The lowest BCUT2D eigenvalue weighted by Gasteiger charge is -2.20. The molecule has 0 atom stereocenters. The number of hydrogen-bond acceptors (Lipinski definition) is 2. The zero-order valence-electron chi connectivity index (χ0n) is 8.23. The molecule has 1 aromatic rings. The van der Waals surface area contributed by atoms with Crippen LogP contribution in [-0.4, -0.2) is 20.2 Å². The zero-order chi connectivity index (χ0) is 9.80. The molecule has 0 amide bonds. The lowest BCUT2D eigenvalue weighted by Crippen LogP contribution is -2.33. The normalized spacial score (nSPS) is 16.0. The molecule has 0 saturated carbocycles. The van der Waals surface area contributed by atoms with E-state index in [1.54, 1.807) is 0 Å². The summed E-state index contributed by atoms with van der Waals surface area (Å²) in [4.78, 5) is 2.28. The van der Waals surface area contributed by atoms with Gasteiger partial charge in [-0.15, -0.1) is 6.58 Å². The second-order valence-electron chi connectivity index (χ2n) is 3.38. The van der Waals surface area contributed by atoms with Crippen LogP contribution in [0.5, 0.6) is 0 Å². The highest BCUT2D eigenvalue weighted by Gasteiger charge is 2.29. The molecule has 1 aliphatic heterocycles. The third kappa shape index (κ3) is 1.83. The number of rotatable bonds is 3. The van der Waals surface area contributed by atoms with Gasteiger partial charge in [0.05, 0.1) is 0 Å². The highest BCUT2D eigenvalue weighted by atomic mass is 16.5. The fraction of sp³-hybridized carbons (Fsp3) is 0.273. The van der Waals surface area contributed by atoms with E-state index in [9.17, 15) is 0 Å². The Morgan fingerprint density at radius 2 is 2.21 bits per heavy atom. The summed E-state index contributed by atoms with van der Waals surface area (Å²) in [6.45, 7) is 5.53. The summed E-state index contributed by atoms with van der Waals surface area (Å²) in [5.41, 5.74) is 1.23. The van der Waals surface area contributed by atoms with Crippen LogP contribution >= 0.6 is 0 Å². The summed E-state index contributed by atoms with van der Waals surface area (Å²) in [7, 11) is 0.176. The van der Waals surface area contributed by atoms with E-state index in [-0.39, 0.29) is 7.05 Å². The van der Waals surface area contributed by atoms with Gasteiger partial charge in [0.2, 0.25) is 0 Å². The van der Waals surface area contributed by atoms with E-state index in [0.29, 0.717) is 0 Å². The number of para-hydroxylation sites is 1. The van der Waals surface area contributed by atoms with Crippen molar-refractivity contribution in [1.82, 2.24) is 0 Å². The molecular weight excluding hydrogens is 173 g/mol. The van der Waals surface area contributed by atoms with Gasteiger partial charge < -0.3 is 9.47 Å². The predicted octanol–water partition coefficient (Wildman–Crippen LogP) is 2.20. The van der Waals surface area contributed by atoms with Crippen molar-refractivity contribution in [3.63, 3.8) is 0 Å². The molecule has 0 N–H and O–H groups in total. The van der Waals surface area contributed by atoms with Gasteiger partial charge in [-0.1, -0.05) is 24.3 Å². The van der Waals surface area contributed by atoms with Crippen LogP contribution in [-0.2, 0) is 4.65 Å². The van der Waals surface area contributed by atoms with Crippen LogP contribution in [0.4, 0.5) is 5.69 Å². The molecule has 3 heteroatoms. The van der Waals surface area contributed by atoms with E-state index in [4.69, 9.17) is 4.65 Å². The van der Waals surface area contributed by atoms with Gasteiger partial charge in [0.15, 0.2) is 0 Å². The van der Waals surface area contributed by atoms with Gasteiger partial charge in [0.1, 0.15) is 0 Å². The standard InChI is InChI=1S/C11H14BNO/c1-2-8-12-13(9-10-14-12)11-6-4-3-5-7-11/h2-7H,1,8-10H2. The van der Waals surface area contributed by atoms with Gasteiger partial charge in [0.25, 0.3) is 0 Å². The highest BCUT2D eigenvalue weighted by molar-refractivity contribution is 6.58. The van der Waals surface area contributed by atoms with E-state index < -0.39 is 0 Å². The van der Waals surface area contributed by atoms with Crippen molar-refractivity contribution in [3.05, 3.63) is 43.0 Å². The first-order valence-electron chi connectivity index (χ1n) is 4.96. The molecule has 0 aromatic heterocycles. The molecule has 1 heterocycles. The van der Waals surface area contributed by atoms with Gasteiger partial charge in [-0.05, 0) is 18.5 Å². The molecule has 1 aromatic carbocycles.